The molecule has 0 bridgehead atoms. The van der Waals surface area contributed by atoms with Crippen LogP contribution in [0.1, 0.15) is 26.7 Å². The lowest BCUT2D eigenvalue weighted by Gasteiger charge is -2.09. The zero-order valence-electron chi connectivity index (χ0n) is 8.26. The van der Waals surface area contributed by atoms with Crippen molar-refractivity contribution in [2.45, 2.75) is 32.7 Å². The molecule has 0 saturated carbocycles. The van der Waals surface area contributed by atoms with E-state index in [2.05, 4.69) is 10.6 Å². The third-order valence-electron chi connectivity index (χ3n) is 1.58. The van der Waals surface area contributed by atoms with Gasteiger partial charge in [-0.05, 0) is 13.5 Å². The number of nitrogens with zero attached hydrogens (tertiary/aromatic N) is 1. The first kappa shape index (κ1) is 11.9. The Kier molecular flexibility index (Phi) is 6.93. The van der Waals surface area contributed by atoms with Crippen molar-refractivity contribution in [2.75, 3.05) is 13.1 Å². The number of hydrogen-bond donors (Lipinski definition) is 2. The fourth-order valence-electron chi connectivity index (χ4n) is 0.914. The normalized spacial score (nSPS) is 11.8. The Bertz CT molecular complexity index is 186. The largest absolute Gasteiger partial charge is 0.353 e. The zero-order valence-corrected chi connectivity index (χ0v) is 8.26. The predicted octanol–water partition coefficient (Wildman–Crippen LogP) is 0.404. The highest BCUT2D eigenvalue weighted by atomic mass is 16.1. The van der Waals surface area contributed by atoms with Crippen LogP contribution < -0.4 is 10.6 Å². The molecule has 0 spiro atoms. The first-order valence-corrected chi connectivity index (χ1v) is 4.57. The van der Waals surface area contributed by atoms with Gasteiger partial charge in [0.05, 0.1) is 12.5 Å². The molecule has 4 nitrogen and oxygen atoms in total. The minimum Gasteiger partial charge on any atom is -0.353 e. The molecule has 74 valence electrons. The van der Waals surface area contributed by atoms with Gasteiger partial charge in [0.15, 0.2) is 0 Å². The highest BCUT2D eigenvalue weighted by Gasteiger charge is 2.05. The SMILES string of the molecule is CCNCCC(=O)NC(C)CC#N. The van der Waals surface area contributed by atoms with Crippen LogP contribution in [0.4, 0.5) is 0 Å². The average molecular weight is 183 g/mol. The van der Waals surface area contributed by atoms with E-state index in [9.17, 15) is 4.79 Å². The quantitative estimate of drug-likeness (QED) is 0.586. The lowest BCUT2D eigenvalue weighted by atomic mass is 10.2. The van der Waals surface area contributed by atoms with Crippen molar-refractivity contribution in [3.05, 3.63) is 0 Å². The second-order valence-corrected chi connectivity index (χ2v) is 2.93. The standard InChI is InChI=1S/C9H17N3O/c1-3-11-7-5-9(13)12-8(2)4-6-10/h8,11H,3-5,7H2,1-2H3,(H,12,13). The van der Waals surface area contributed by atoms with Crippen molar-refractivity contribution in [3.63, 3.8) is 0 Å². The Morgan fingerprint density at radius 1 is 1.62 bits per heavy atom. The summed E-state index contributed by atoms with van der Waals surface area (Å²) >= 11 is 0. The van der Waals surface area contributed by atoms with Crippen molar-refractivity contribution in [2.24, 2.45) is 0 Å². The molecule has 2 N–H and O–H groups in total. The smallest absolute Gasteiger partial charge is 0.221 e. The minimum atomic E-state index is -0.0425. The van der Waals surface area contributed by atoms with Gasteiger partial charge in [-0.25, -0.2) is 0 Å². The van der Waals surface area contributed by atoms with E-state index in [1.807, 2.05) is 19.9 Å². The summed E-state index contributed by atoms with van der Waals surface area (Å²) in [6.45, 7) is 5.40. The van der Waals surface area contributed by atoms with Gasteiger partial charge >= 0.3 is 0 Å². The Balaban J connectivity index is 3.45. The molecule has 0 aliphatic rings. The molecule has 0 fully saturated rings. The van der Waals surface area contributed by atoms with Gasteiger partial charge in [0.1, 0.15) is 0 Å². The van der Waals surface area contributed by atoms with E-state index in [4.69, 9.17) is 5.26 Å². The molecule has 1 unspecified atom stereocenters. The van der Waals surface area contributed by atoms with Crippen molar-refractivity contribution in [3.8, 4) is 6.07 Å². The molecular weight excluding hydrogens is 166 g/mol. The second-order valence-electron chi connectivity index (χ2n) is 2.93. The summed E-state index contributed by atoms with van der Waals surface area (Å²) in [5, 5.41) is 14.1. The topological polar surface area (TPSA) is 64.9 Å². The van der Waals surface area contributed by atoms with Crippen LogP contribution in [0.15, 0.2) is 0 Å². The molecule has 0 heterocycles. The number of rotatable bonds is 6. The van der Waals surface area contributed by atoms with E-state index in [-0.39, 0.29) is 11.9 Å². The highest BCUT2D eigenvalue weighted by Crippen LogP contribution is 1.88. The molecule has 4 heteroatoms. The number of carbonyl (C=O) groups excluding carboxylic acids is 1. The number of hydrogen-bond acceptors (Lipinski definition) is 3. The van der Waals surface area contributed by atoms with Crippen LogP contribution in [0.2, 0.25) is 0 Å². The van der Waals surface area contributed by atoms with Crippen LogP contribution in [0.3, 0.4) is 0 Å². The van der Waals surface area contributed by atoms with E-state index in [0.29, 0.717) is 19.4 Å². The highest BCUT2D eigenvalue weighted by molar-refractivity contribution is 5.76. The van der Waals surface area contributed by atoms with Crippen LogP contribution in [0.25, 0.3) is 0 Å². The summed E-state index contributed by atoms with van der Waals surface area (Å²) < 4.78 is 0. The lowest BCUT2D eigenvalue weighted by Crippen LogP contribution is -2.34. The maximum atomic E-state index is 11.1. The summed E-state index contributed by atoms with van der Waals surface area (Å²) in [7, 11) is 0. The van der Waals surface area contributed by atoms with Gasteiger partial charge in [0.25, 0.3) is 0 Å². The molecule has 1 amide bonds. The first-order chi connectivity index (χ1) is 6.20. The van der Waals surface area contributed by atoms with Crippen molar-refractivity contribution < 1.29 is 4.79 Å². The molecule has 13 heavy (non-hydrogen) atoms. The molecule has 0 saturated heterocycles. The lowest BCUT2D eigenvalue weighted by molar-refractivity contribution is -0.121. The number of amides is 1. The molecule has 0 aromatic heterocycles. The van der Waals surface area contributed by atoms with Crippen molar-refractivity contribution in [1.82, 2.24) is 10.6 Å². The molecule has 0 aromatic carbocycles. The van der Waals surface area contributed by atoms with E-state index >= 15 is 0 Å². The van der Waals surface area contributed by atoms with Gasteiger partial charge in [0.2, 0.25) is 5.91 Å². The molecule has 0 aromatic rings. The second kappa shape index (κ2) is 7.56. The van der Waals surface area contributed by atoms with Gasteiger partial charge in [-0.3, -0.25) is 4.79 Å². The zero-order chi connectivity index (χ0) is 10.1. The van der Waals surface area contributed by atoms with Crippen LogP contribution in [-0.2, 0) is 4.79 Å². The fourth-order valence-corrected chi connectivity index (χ4v) is 0.914. The van der Waals surface area contributed by atoms with Crippen molar-refractivity contribution in [1.29, 1.82) is 5.26 Å². The Morgan fingerprint density at radius 3 is 2.85 bits per heavy atom. The molecule has 0 aliphatic carbocycles. The third-order valence-corrected chi connectivity index (χ3v) is 1.58. The van der Waals surface area contributed by atoms with E-state index in [0.717, 1.165) is 6.54 Å². The maximum absolute atomic E-state index is 11.1. The summed E-state index contributed by atoms with van der Waals surface area (Å²) in [6.07, 6.45) is 0.844. The van der Waals surface area contributed by atoms with E-state index in [1.165, 1.54) is 0 Å². The predicted molar refractivity (Wildman–Crippen MR) is 51.0 cm³/mol. The monoisotopic (exact) mass is 183 g/mol. The van der Waals surface area contributed by atoms with Gasteiger partial charge in [-0.2, -0.15) is 5.26 Å². The van der Waals surface area contributed by atoms with Gasteiger partial charge < -0.3 is 10.6 Å². The third kappa shape index (κ3) is 7.29. The Morgan fingerprint density at radius 2 is 2.31 bits per heavy atom. The number of nitriles is 1. The Hall–Kier alpha value is -1.08. The molecule has 0 rings (SSSR count). The summed E-state index contributed by atoms with van der Waals surface area (Å²) in [6, 6.07) is 1.97. The van der Waals surface area contributed by atoms with Crippen LogP contribution in [-0.4, -0.2) is 25.0 Å². The summed E-state index contributed by atoms with van der Waals surface area (Å²) in [5.41, 5.74) is 0. The average Bonchev–Trinajstić information content (AvgIpc) is 2.05. The van der Waals surface area contributed by atoms with Crippen LogP contribution in [0, 0.1) is 11.3 Å². The van der Waals surface area contributed by atoms with Gasteiger partial charge in [0, 0.05) is 19.0 Å². The van der Waals surface area contributed by atoms with Gasteiger partial charge in [-0.15, -0.1) is 0 Å². The summed E-state index contributed by atoms with van der Waals surface area (Å²) in [5.74, 6) is 0.00343. The molecular formula is C9H17N3O. The minimum absolute atomic E-state index is 0.00343. The van der Waals surface area contributed by atoms with E-state index < -0.39 is 0 Å². The molecule has 1 atom stereocenters. The molecule has 0 radical (unpaired) electrons. The van der Waals surface area contributed by atoms with E-state index in [1.54, 1.807) is 0 Å². The molecule has 0 aliphatic heterocycles. The number of nitrogens with one attached hydrogen (secondary N) is 2. The number of carbonyl (C=O) groups is 1. The van der Waals surface area contributed by atoms with Crippen molar-refractivity contribution >= 4 is 5.91 Å². The first-order valence-electron chi connectivity index (χ1n) is 4.57. The van der Waals surface area contributed by atoms with Crippen LogP contribution in [0.5, 0.6) is 0 Å². The Labute approximate surface area is 79.3 Å². The van der Waals surface area contributed by atoms with Gasteiger partial charge in [-0.1, -0.05) is 6.92 Å². The maximum Gasteiger partial charge on any atom is 0.221 e. The summed E-state index contributed by atoms with van der Waals surface area (Å²) in [4.78, 5) is 11.1. The van der Waals surface area contributed by atoms with Crippen LogP contribution >= 0.6 is 0 Å². The fraction of sp³-hybridized carbons (Fsp3) is 0.778.